The highest BCUT2D eigenvalue weighted by Crippen LogP contribution is 2.08. The molecule has 1 aromatic rings. The van der Waals surface area contributed by atoms with Crippen molar-refractivity contribution in [2.75, 3.05) is 19.7 Å². The number of nitrogens with one attached hydrogen (secondary N) is 1. The van der Waals surface area contributed by atoms with Gasteiger partial charge in [0.05, 0.1) is 18.9 Å². The van der Waals surface area contributed by atoms with E-state index in [4.69, 9.17) is 4.74 Å². The predicted molar refractivity (Wildman–Crippen MR) is 62.8 cm³/mol. The van der Waals surface area contributed by atoms with Crippen LogP contribution in [0.3, 0.4) is 0 Å². The van der Waals surface area contributed by atoms with Gasteiger partial charge in [0.15, 0.2) is 5.78 Å². The van der Waals surface area contributed by atoms with Crippen molar-refractivity contribution in [3.8, 4) is 0 Å². The summed E-state index contributed by atoms with van der Waals surface area (Å²) >= 11 is 0. The number of aromatic nitrogens is 2. The van der Waals surface area contributed by atoms with Gasteiger partial charge < -0.3 is 10.1 Å². The van der Waals surface area contributed by atoms with Crippen LogP contribution in [0.1, 0.15) is 29.8 Å². The van der Waals surface area contributed by atoms with Crippen molar-refractivity contribution in [3.63, 3.8) is 0 Å². The normalized spacial score (nSPS) is 16.9. The quantitative estimate of drug-likeness (QED) is 0.765. The lowest BCUT2D eigenvalue weighted by atomic mass is 10.1. The summed E-state index contributed by atoms with van der Waals surface area (Å²) in [6.07, 6.45) is 7.31. The van der Waals surface area contributed by atoms with Gasteiger partial charge >= 0.3 is 0 Å². The Kier molecular flexibility index (Phi) is 4.58. The first-order chi connectivity index (χ1) is 8.36. The fourth-order valence-electron chi connectivity index (χ4n) is 1.85. The maximum absolute atomic E-state index is 11.7. The Labute approximate surface area is 101 Å². The Hall–Kier alpha value is -1.33. The van der Waals surface area contributed by atoms with E-state index in [9.17, 15) is 4.79 Å². The molecule has 1 N–H and O–H groups in total. The Bertz CT molecular complexity index is 350. The minimum Gasteiger partial charge on any atom is -0.378 e. The van der Waals surface area contributed by atoms with E-state index in [2.05, 4.69) is 15.3 Å². The van der Waals surface area contributed by atoms with Crippen LogP contribution in [0.4, 0.5) is 0 Å². The molecule has 1 aromatic heterocycles. The summed E-state index contributed by atoms with van der Waals surface area (Å²) in [6.45, 7) is 2.48. The van der Waals surface area contributed by atoms with Crippen LogP contribution in [0.5, 0.6) is 0 Å². The van der Waals surface area contributed by atoms with E-state index < -0.39 is 0 Å². The minimum absolute atomic E-state index is 0.00738. The molecule has 0 amide bonds. The second-order valence-electron chi connectivity index (χ2n) is 4.08. The van der Waals surface area contributed by atoms with E-state index in [0.29, 0.717) is 24.8 Å². The van der Waals surface area contributed by atoms with Crippen molar-refractivity contribution in [2.45, 2.75) is 25.4 Å². The number of carbonyl (C=O) groups excluding carboxylic acids is 1. The van der Waals surface area contributed by atoms with Crippen LogP contribution in [0.25, 0.3) is 0 Å². The molecule has 1 saturated heterocycles. The molecule has 1 fully saturated rings. The van der Waals surface area contributed by atoms with Gasteiger partial charge in [0.25, 0.3) is 0 Å². The van der Waals surface area contributed by atoms with Crippen molar-refractivity contribution in [1.29, 1.82) is 0 Å². The molecule has 17 heavy (non-hydrogen) atoms. The molecule has 0 aromatic carbocycles. The van der Waals surface area contributed by atoms with E-state index in [0.717, 1.165) is 25.9 Å². The van der Waals surface area contributed by atoms with Gasteiger partial charge in [-0.05, 0) is 25.9 Å². The highest BCUT2D eigenvalue weighted by atomic mass is 16.5. The lowest BCUT2D eigenvalue weighted by Crippen LogP contribution is -2.32. The third-order valence-corrected chi connectivity index (χ3v) is 2.82. The second-order valence-corrected chi connectivity index (χ2v) is 4.08. The molecule has 1 aliphatic rings. The first-order valence-corrected chi connectivity index (χ1v) is 5.98. The molecule has 92 valence electrons. The Balaban J connectivity index is 1.69. The molecular formula is C12H17N3O2. The molecule has 0 atom stereocenters. The fourth-order valence-corrected chi connectivity index (χ4v) is 1.85. The molecule has 2 heterocycles. The van der Waals surface area contributed by atoms with Gasteiger partial charge in [-0.25, -0.2) is 4.98 Å². The zero-order valence-electron chi connectivity index (χ0n) is 9.76. The van der Waals surface area contributed by atoms with Crippen LogP contribution in [-0.4, -0.2) is 41.6 Å². The molecular weight excluding hydrogens is 218 g/mol. The van der Waals surface area contributed by atoms with Crippen LogP contribution >= 0.6 is 0 Å². The molecule has 0 aliphatic carbocycles. The lowest BCUT2D eigenvalue weighted by molar-refractivity contribution is 0.0313. The van der Waals surface area contributed by atoms with E-state index in [1.807, 2.05) is 0 Å². The SMILES string of the molecule is O=C(CCOC1CCNCC1)c1cnccn1. The van der Waals surface area contributed by atoms with Gasteiger partial charge in [0, 0.05) is 18.8 Å². The molecule has 1 aliphatic heterocycles. The number of ether oxygens (including phenoxy) is 1. The summed E-state index contributed by atoms with van der Waals surface area (Å²) in [5, 5.41) is 3.27. The monoisotopic (exact) mass is 235 g/mol. The highest BCUT2D eigenvalue weighted by molar-refractivity contribution is 5.93. The molecule has 0 unspecified atom stereocenters. The standard InChI is InChI=1S/C12H17N3O2/c16-12(11-9-14-6-7-15-11)3-8-17-10-1-4-13-5-2-10/h6-7,9-10,13H,1-5,8H2. The number of ketones is 1. The smallest absolute Gasteiger partial charge is 0.185 e. The third kappa shape index (κ3) is 3.87. The summed E-state index contributed by atoms with van der Waals surface area (Å²) in [5.74, 6) is -0.00738. The molecule has 0 bridgehead atoms. The summed E-state index contributed by atoms with van der Waals surface area (Å²) in [5.41, 5.74) is 0.418. The summed E-state index contributed by atoms with van der Waals surface area (Å²) in [7, 11) is 0. The van der Waals surface area contributed by atoms with Crippen LogP contribution in [0, 0.1) is 0 Å². The van der Waals surface area contributed by atoms with E-state index in [1.165, 1.54) is 12.4 Å². The molecule has 5 heteroatoms. The number of piperidine rings is 1. The van der Waals surface area contributed by atoms with Crippen molar-refractivity contribution in [2.24, 2.45) is 0 Å². The van der Waals surface area contributed by atoms with Gasteiger partial charge in [0.1, 0.15) is 5.69 Å². The molecule has 5 nitrogen and oxygen atoms in total. The number of rotatable bonds is 5. The number of hydrogen-bond donors (Lipinski definition) is 1. The summed E-state index contributed by atoms with van der Waals surface area (Å²) < 4.78 is 5.67. The maximum atomic E-state index is 11.7. The summed E-state index contributed by atoms with van der Waals surface area (Å²) in [6, 6.07) is 0. The van der Waals surface area contributed by atoms with Crippen molar-refractivity contribution in [3.05, 3.63) is 24.3 Å². The first kappa shape index (κ1) is 12.1. The average Bonchev–Trinajstić information content (AvgIpc) is 2.41. The van der Waals surface area contributed by atoms with E-state index in [1.54, 1.807) is 6.20 Å². The largest absolute Gasteiger partial charge is 0.378 e. The maximum Gasteiger partial charge on any atom is 0.185 e. The van der Waals surface area contributed by atoms with Gasteiger partial charge in [-0.3, -0.25) is 9.78 Å². The molecule has 0 saturated carbocycles. The molecule has 2 rings (SSSR count). The van der Waals surface area contributed by atoms with Crippen molar-refractivity contribution < 1.29 is 9.53 Å². The first-order valence-electron chi connectivity index (χ1n) is 5.98. The van der Waals surface area contributed by atoms with Gasteiger partial charge in [-0.15, -0.1) is 0 Å². The van der Waals surface area contributed by atoms with Gasteiger partial charge in [0.2, 0.25) is 0 Å². The predicted octanol–water partition coefficient (Wildman–Crippen LogP) is 0.818. The average molecular weight is 235 g/mol. The van der Waals surface area contributed by atoms with Crippen LogP contribution in [-0.2, 0) is 4.74 Å². The Morgan fingerprint density at radius 3 is 2.94 bits per heavy atom. The van der Waals surface area contributed by atoms with Crippen molar-refractivity contribution >= 4 is 5.78 Å². The van der Waals surface area contributed by atoms with E-state index >= 15 is 0 Å². The highest BCUT2D eigenvalue weighted by Gasteiger charge is 2.14. The minimum atomic E-state index is -0.00738. The lowest BCUT2D eigenvalue weighted by Gasteiger charge is -2.22. The zero-order valence-corrected chi connectivity index (χ0v) is 9.76. The number of nitrogens with zero attached hydrogens (tertiary/aromatic N) is 2. The van der Waals surface area contributed by atoms with Crippen LogP contribution in [0.2, 0.25) is 0 Å². The number of carbonyl (C=O) groups is 1. The number of Topliss-reactive ketones (excluding diaryl/α,β-unsaturated/α-hetero) is 1. The van der Waals surface area contributed by atoms with Gasteiger partial charge in [-0.2, -0.15) is 0 Å². The second kappa shape index (κ2) is 6.42. The summed E-state index contributed by atoms with van der Waals surface area (Å²) in [4.78, 5) is 19.5. The van der Waals surface area contributed by atoms with Crippen molar-refractivity contribution in [1.82, 2.24) is 15.3 Å². The van der Waals surface area contributed by atoms with Gasteiger partial charge in [-0.1, -0.05) is 0 Å². The molecule has 0 spiro atoms. The Morgan fingerprint density at radius 2 is 2.24 bits per heavy atom. The zero-order chi connectivity index (χ0) is 11.9. The number of hydrogen-bond acceptors (Lipinski definition) is 5. The fraction of sp³-hybridized carbons (Fsp3) is 0.583. The third-order valence-electron chi connectivity index (χ3n) is 2.82. The van der Waals surface area contributed by atoms with E-state index in [-0.39, 0.29) is 5.78 Å². The van der Waals surface area contributed by atoms with Crippen LogP contribution in [0.15, 0.2) is 18.6 Å². The topological polar surface area (TPSA) is 64.1 Å². The Morgan fingerprint density at radius 1 is 1.41 bits per heavy atom. The van der Waals surface area contributed by atoms with Crippen LogP contribution < -0.4 is 5.32 Å². The molecule has 0 radical (unpaired) electrons.